The van der Waals surface area contributed by atoms with Gasteiger partial charge in [0.25, 0.3) is 0 Å². The molecule has 0 aliphatic heterocycles. The van der Waals surface area contributed by atoms with E-state index in [1.165, 1.54) is 23.5 Å². The van der Waals surface area contributed by atoms with E-state index in [0.717, 1.165) is 16.2 Å². The number of aromatic nitrogens is 2. The number of halogens is 1. The molecule has 4 nitrogen and oxygen atoms in total. The van der Waals surface area contributed by atoms with Crippen molar-refractivity contribution in [1.29, 1.82) is 0 Å². The number of carbonyl (C=O) groups is 1. The lowest BCUT2D eigenvalue weighted by Crippen LogP contribution is -2.24. The lowest BCUT2D eigenvalue weighted by Gasteiger charge is -2.04. The minimum absolute atomic E-state index is 0.125. The third kappa shape index (κ3) is 2.85. The van der Waals surface area contributed by atoms with E-state index >= 15 is 0 Å². The van der Waals surface area contributed by atoms with Crippen molar-refractivity contribution in [2.75, 3.05) is 0 Å². The van der Waals surface area contributed by atoms with Crippen LogP contribution in [0.4, 0.5) is 4.39 Å². The lowest BCUT2D eigenvalue weighted by molar-refractivity contribution is -0.120. The Labute approximate surface area is 118 Å². The van der Waals surface area contributed by atoms with Gasteiger partial charge in [-0.3, -0.25) is 9.20 Å². The van der Waals surface area contributed by atoms with Crippen molar-refractivity contribution >= 4 is 22.2 Å². The summed E-state index contributed by atoms with van der Waals surface area (Å²) >= 11 is 1.53. The molecule has 3 rings (SSSR count). The predicted octanol–water partition coefficient (Wildman–Crippen LogP) is 2.39. The molecule has 0 radical (unpaired) electrons. The Morgan fingerprint density at radius 1 is 1.45 bits per heavy atom. The fourth-order valence-corrected chi connectivity index (χ4v) is 2.65. The van der Waals surface area contributed by atoms with Gasteiger partial charge in [-0.2, -0.15) is 0 Å². The molecule has 0 aliphatic rings. The molecule has 20 heavy (non-hydrogen) atoms. The van der Waals surface area contributed by atoms with Crippen molar-refractivity contribution in [1.82, 2.24) is 14.7 Å². The zero-order valence-electron chi connectivity index (χ0n) is 10.5. The van der Waals surface area contributed by atoms with Gasteiger partial charge in [-0.1, -0.05) is 12.1 Å². The number of amides is 1. The highest BCUT2D eigenvalue weighted by atomic mass is 32.1. The number of nitrogens with one attached hydrogen (secondary N) is 1. The van der Waals surface area contributed by atoms with E-state index < -0.39 is 0 Å². The Morgan fingerprint density at radius 2 is 2.35 bits per heavy atom. The standard InChI is InChI=1S/C14H12FN3OS/c15-11-3-1-2-10(6-11)8-16-13(19)7-12-9-18-4-5-20-14(18)17-12/h1-6,9H,7-8H2,(H,16,19). The van der Waals surface area contributed by atoms with Crippen LogP contribution < -0.4 is 5.32 Å². The third-order valence-corrected chi connectivity index (χ3v) is 3.63. The molecule has 102 valence electrons. The van der Waals surface area contributed by atoms with Crippen molar-refractivity contribution in [2.24, 2.45) is 0 Å². The molecule has 0 bridgehead atoms. The first-order chi connectivity index (χ1) is 9.70. The third-order valence-electron chi connectivity index (χ3n) is 2.86. The highest BCUT2D eigenvalue weighted by Crippen LogP contribution is 2.11. The second-order valence-corrected chi connectivity index (χ2v) is 5.28. The summed E-state index contributed by atoms with van der Waals surface area (Å²) in [6.45, 7) is 0.318. The van der Waals surface area contributed by atoms with Gasteiger partial charge in [-0.05, 0) is 17.7 Å². The van der Waals surface area contributed by atoms with Gasteiger partial charge >= 0.3 is 0 Å². The molecule has 2 heterocycles. The first kappa shape index (κ1) is 12.8. The van der Waals surface area contributed by atoms with Gasteiger partial charge in [-0.25, -0.2) is 9.37 Å². The quantitative estimate of drug-likeness (QED) is 0.801. The van der Waals surface area contributed by atoms with Crippen molar-refractivity contribution in [3.05, 3.63) is 59.1 Å². The normalized spacial score (nSPS) is 10.8. The second kappa shape index (κ2) is 5.42. The van der Waals surface area contributed by atoms with E-state index in [0.29, 0.717) is 6.54 Å². The molecular weight excluding hydrogens is 277 g/mol. The fourth-order valence-electron chi connectivity index (χ4n) is 1.94. The number of fused-ring (bicyclic) bond motifs is 1. The largest absolute Gasteiger partial charge is 0.352 e. The van der Waals surface area contributed by atoms with Gasteiger partial charge in [0.2, 0.25) is 5.91 Å². The Hall–Kier alpha value is -2.21. The average molecular weight is 289 g/mol. The number of rotatable bonds is 4. The summed E-state index contributed by atoms with van der Waals surface area (Å²) < 4.78 is 14.9. The molecule has 0 saturated carbocycles. The monoisotopic (exact) mass is 289 g/mol. The molecule has 6 heteroatoms. The molecule has 0 unspecified atom stereocenters. The van der Waals surface area contributed by atoms with Crippen molar-refractivity contribution in [2.45, 2.75) is 13.0 Å². The van der Waals surface area contributed by atoms with Crippen LogP contribution in [0.2, 0.25) is 0 Å². The first-order valence-electron chi connectivity index (χ1n) is 6.13. The maximum absolute atomic E-state index is 13.0. The number of benzene rings is 1. The maximum atomic E-state index is 13.0. The molecule has 3 aromatic rings. The number of imidazole rings is 1. The molecule has 0 atom stereocenters. The Kier molecular flexibility index (Phi) is 3.47. The van der Waals surface area contributed by atoms with Crippen LogP contribution in [0.5, 0.6) is 0 Å². The van der Waals surface area contributed by atoms with Crippen molar-refractivity contribution in [3.63, 3.8) is 0 Å². The highest BCUT2D eigenvalue weighted by molar-refractivity contribution is 7.15. The van der Waals surface area contributed by atoms with E-state index in [-0.39, 0.29) is 18.1 Å². The second-order valence-electron chi connectivity index (χ2n) is 4.41. The summed E-state index contributed by atoms with van der Waals surface area (Å²) in [7, 11) is 0. The molecule has 1 N–H and O–H groups in total. The molecule has 2 aromatic heterocycles. The summed E-state index contributed by atoms with van der Waals surface area (Å²) in [5.74, 6) is -0.425. The number of hydrogen-bond donors (Lipinski definition) is 1. The first-order valence-corrected chi connectivity index (χ1v) is 7.01. The van der Waals surface area contributed by atoms with Crippen LogP contribution in [0.3, 0.4) is 0 Å². The van der Waals surface area contributed by atoms with Crippen LogP contribution in [0.25, 0.3) is 4.96 Å². The van der Waals surface area contributed by atoms with E-state index in [1.807, 2.05) is 22.2 Å². The Bertz CT molecular complexity index is 721. The lowest BCUT2D eigenvalue weighted by atomic mass is 10.2. The minimum atomic E-state index is -0.300. The van der Waals surface area contributed by atoms with Gasteiger partial charge in [0, 0.05) is 24.3 Å². The van der Waals surface area contributed by atoms with E-state index in [9.17, 15) is 9.18 Å². The van der Waals surface area contributed by atoms with Crippen LogP contribution >= 0.6 is 11.3 Å². The molecule has 0 saturated heterocycles. The summed E-state index contributed by atoms with van der Waals surface area (Å²) in [4.78, 5) is 17.0. The maximum Gasteiger partial charge on any atom is 0.226 e. The summed E-state index contributed by atoms with van der Waals surface area (Å²) in [5.41, 5.74) is 1.47. The molecular formula is C14H12FN3OS. The van der Waals surface area contributed by atoms with E-state index in [2.05, 4.69) is 10.3 Å². The molecule has 0 spiro atoms. The smallest absolute Gasteiger partial charge is 0.226 e. The summed E-state index contributed by atoms with van der Waals surface area (Å²) in [6, 6.07) is 6.19. The predicted molar refractivity (Wildman–Crippen MR) is 75.0 cm³/mol. The van der Waals surface area contributed by atoms with Gasteiger partial charge in [-0.15, -0.1) is 11.3 Å². The van der Waals surface area contributed by atoms with E-state index in [1.54, 1.807) is 12.1 Å². The Morgan fingerprint density at radius 3 is 3.15 bits per heavy atom. The topological polar surface area (TPSA) is 46.4 Å². The number of nitrogens with zero attached hydrogens (tertiary/aromatic N) is 2. The SMILES string of the molecule is O=C(Cc1cn2ccsc2n1)NCc1cccc(F)c1. The molecule has 0 aliphatic carbocycles. The summed E-state index contributed by atoms with van der Waals surface area (Å²) in [5, 5.41) is 4.70. The van der Waals surface area contributed by atoms with Gasteiger partial charge < -0.3 is 5.32 Å². The number of carbonyl (C=O) groups excluding carboxylic acids is 1. The van der Waals surface area contributed by atoms with Crippen LogP contribution in [-0.2, 0) is 17.8 Å². The van der Waals surface area contributed by atoms with Crippen LogP contribution in [0.1, 0.15) is 11.3 Å². The van der Waals surface area contributed by atoms with Gasteiger partial charge in [0.15, 0.2) is 4.96 Å². The fraction of sp³-hybridized carbons (Fsp3) is 0.143. The number of hydrogen-bond acceptors (Lipinski definition) is 3. The molecule has 1 aromatic carbocycles. The van der Waals surface area contributed by atoms with Crippen LogP contribution in [0, 0.1) is 5.82 Å². The summed E-state index contributed by atoms with van der Waals surface area (Å²) in [6.07, 6.45) is 3.97. The van der Waals surface area contributed by atoms with Gasteiger partial charge in [0.05, 0.1) is 12.1 Å². The van der Waals surface area contributed by atoms with E-state index in [4.69, 9.17) is 0 Å². The molecule has 1 amide bonds. The van der Waals surface area contributed by atoms with Crippen LogP contribution in [0.15, 0.2) is 42.0 Å². The van der Waals surface area contributed by atoms with Crippen LogP contribution in [-0.4, -0.2) is 15.3 Å². The number of thiazole rings is 1. The zero-order valence-corrected chi connectivity index (χ0v) is 11.4. The average Bonchev–Trinajstić information content (AvgIpc) is 2.97. The Balaban J connectivity index is 1.58. The van der Waals surface area contributed by atoms with Crippen molar-refractivity contribution < 1.29 is 9.18 Å². The zero-order chi connectivity index (χ0) is 13.9. The van der Waals surface area contributed by atoms with Gasteiger partial charge in [0.1, 0.15) is 5.82 Å². The van der Waals surface area contributed by atoms with Crippen molar-refractivity contribution in [3.8, 4) is 0 Å². The molecule has 0 fully saturated rings. The highest BCUT2D eigenvalue weighted by Gasteiger charge is 2.08. The minimum Gasteiger partial charge on any atom is -0.352 e.